The quantitative estimate of drug-likeness (QED) is 0.531. The van der Waals surface area contributed by atoms with Gasteiger partial charge in [-0.05, 0) is 29.8 Å². The molecule has 1 saturated heterocycles. The number of piperazine rings is 1. The third kappa shape index (κ3) is 3.55. The van der Waals surface area contributed by atoms with Gasteiger partial charge in [0.25, 0.3) is 0 Å². The smallest absolute Gasteiger partial charge is 0.129 e. The number of aliphatic hydroxyl groups is 1. The molecular weight excluding hydrogens is 378 g/mol. The largest absolute Gasteiger partial charge is 0.395 e. The van der Waals surface area contributed by atoms with Crippen molar-refractivity contribution in [2.45, 2.75) is 0 Å². The second kappa shape index (κ2) is 7.89. The molecule has 4 aromatic rings. The van der Waals surface area contributed by atoms with Crippen molar-refractivity contribution in [1.29, 1.82) is 0 Å². The second-order valence-electron chi connectivity index (χ2n) is 7.69. The Morgan fingerprint density at radius 3 is 2.67 bits per heavy atom. The number of aryl methyl sites for hydroxylation is 1. The van der Waals surface area contributed by atoms with E-state index in [0.717, 1.165) is 71.8 Å². The van der Waals surface area contributed by atoms with Gasteiger partial charge < -0.3 is 10.0 Å². The molecule has 0 unspecified atom stereocenters. The zero-order valence-corrected chi connectivity index (χ0v) is 17.0. The van der Waals surface area contributed by atoms with E-state index in [0.29, 0.717) is 0 Å². The normalized spacial score (nSPS) is 15.2. The first-order chi connectivity index (χ1) is 14.7. The van der Waals surface area contributed by atoms with Crippen LogP contribution in [0.5, 0.6) is 0 Å². The van der Waals surface area contributed by atoms with Gasteiger partial charge in [-0.15, -0.1) is 0 Å². The van der Waals surface area contributed by atoms with E-state index in [1.165, 1.54) is 0 Å². The van der Waals surface area contributed by atoms with E-state index in [4.69, 9.17) is 5.11 Å². The number of H-pyrrole nitrogens is 1. The van der Waals surface area contributed by atoms with E-state index < -0.39 is 0 Å². The van der Waals surface area contributed by atoms with Crippen molar-refractivity contribution in [3.63, 3.8) is 0 Å². The minimum atomic E-state index is 0.209. The topological polar surface area (TPSA) is 86.1 Å². The Labute approximate surface area is 174 Å². The van der Waals surface area contributed by atoms with Crippen molar-refractivity contribution in [2.75, 3.05) is 44.2 Å². The predicted octanol–water partition coefficient (Wildman–Crippen LogP) is 2.14. The fourth-order valence-electron chi connectivity index (χ4n) is 4.06. The lowest BCUT2D eigenvalue weighted by molar-refractivity contribution is 0.188. The van der Waals surface area contributed by atoms with Crippen molar-refractivity contribution in [3.8, 4) is 22.4 Å². The average molecular weight is 403 g/mol. The molecule has 0 spiro atoms. The molecule has 1 fully saturated rings. The van der Waals surface area contributed by atoms with Crippen LogP contribution >= 0.6 is 0 Å². The molecule has 1 aromatic carbocycles. The van der Waals surface area contributed by atoms with Gasteiger partial charge in [0.1, 0.15) is 11.5 Å². The van der Waals surface area contributed by atoms with E-state index in [2.05, 4.69) is 54.3 Å². The van der Waals surface area contributed by atoms with Gasteiger partial charge in [0.15, 0.2) is 0 Å². The maximum atomic E-state index is 9.14. The average Bonchev–Trinajstić information content (AvgIpc) is 3.40. The summed E-state index contributed by atoms with van der Waals surface area (Å²) < 4.78 is 1.81. The molecule has 0 amide bonds. The van der Waals surface area contributed by atoms with Gasteiger partial charge in [0.2, 0.25) is 0 Å². The third-order valence-electron chi connectivity index (χ3n) is 5.73. The number of fused-ring (bicyclic) bond motifs is 1. The highest BCUT2D eigenvalue weighted by Crippen LogP contribution is 2.31. The lowest BCUT2D eigenvalue weighted by Gasteiger charge is -2.35. The highest BCUT2D eigenvalue weighted by atomic mass is 16.3. The number of rotatable bonds is 5. The van der Waals surface area contributed by atoms with Crippen molar-refractivity contribution in [2.24, 2.45) is 7.05 Å². The molecule has 8 heteroatoms. The standard InChI is InChI=1S/C22H25N7O/c1-27-15-18(14-24-27)16-2-3-20-19(12-16)22(26-25-20)17-4-5-23-21(13-17)29-8-6-28(7-9-29)10-11-30/h2-5,12-15,30H,6-11H2,1H3,(H,25,26). The SMILES string of the molecule is Cn1cc(-c2ccc3[nH]nc(-c4ccnc(N5CCN(CCO)CC5)c4)c3c2)cn1. The Morgan fingerprint density at radius 1 is 1.03 bits per heavy atom. The van der Waals surface area contributed by atoms with E-state index in [1.807, 2.05) is 36.4 Å². The van der Waals surface area contributed by atoms with Crippen LogP contribution in [0.3, 0.4) is 0 Å². The molecule has 3 aromatic heterocycles. The monoisotopic (exact) mass is 403 g/mol. The Bertz CT molecular complexity index is 1160. The predicted molar refractivity (Wildman–Crippen MR) is 117 cm³/mol. The van der Waals surface area contributed by atoms with Crippen LogP contribution in [0.1, 0.15) is 0 Å². The number of hydrogen-bond donors (Lipinski definition) is 2. The summed E-state index contributed by atoms with van der Waals surface area (Å²) in [6.07, 6.45) is 5.75. The number of aromatic nitrogens is 5. The third-order valence-corrected chi connectivity index (χ3v) is 5.73. The molecule has 0 atom stereocenters. The number of aromatic amines is 1. The Kier molecular flexibility index (Phi) is 4.94. The highest BCUT2D eigenvalue weighted by molar-refractivity contribution is 5.95. The fraction of sp³-hybridized carbons (Fsp3) is 0.318. The van der Waals surface area contributed by atoms with Crippen molar-refractivity contribution in [1.82, 2.24) is 29.9 Å². The van der Waals surface area contributed by atoms with E-state index >= 15 is 0 Å². The van der Waals surface area contributed by atoms with Gasteiger partial charge in [0.05, 0.1) is 18.3 Å². The lowest BCUT2D eigenvalue weighted by Crippen LogP contribution is -2.47. The molecule has 2 N–H and O–H groups in total. The van der Waals surface area contributed by atoms with Crippen LogP contribution in [0.15, 0.2) is 48.9 Å². The molecule has 0 aliphatic carbocycles. The van der Waals surface area contributed by atoms with Crippen LogP contribution < -0.4 is 4.90 Å². The Morgan fingerprint density at radius 2 is 1.90 bits per heavy atom. The van der Waals surface area contributed by atoms with Gasteiger partial charge in [0, 0.05) is 68.7 Å². The van der Waals surface area contributed by atoms with Crippen LogP contribution in [-0.2, 0) is 7.05 Å². The van der Waals surface area contributed by atoms with Crippen LogP contribution in [0.4, 0.5) is 5.82 Å². The van der Waals surface area contributed by atoms with Gasteiger partial charge in [-0.25, -0.2) is 4.98 Å². The second-order valence-corrected chi connectivity index (χ2v) is 7.69. The zero-order valence-electron chi connectivity index (χ0n) is 17.0. The molecule has 1 aliphatic rings. The number of benzene rings is 1. The summed E-state index contributed by atoms with van der Waals surface area (Å²) >= 11 is 0. The summed E-state index contributed by atoms with van der Waals surface area (Å²) in [6, 6.07) is 10.5. The number of β-amino-alcohol motifs (C(OH)–C–C–N with tert-alkyl or cyclic N) is 1. The molecule has 8 nitrogen and oxygen atoms in total. The summed E-state index contributed by atoms with van der Waals surface area (Å²) in [5, 5.41) is 22.3. The minimum absolute atomic E-state index is 0.209. The molecule has 0 radical (unpaired) electrons. The van der Waals surface area contributed by atoms with E-state index in [-0.39, 0.29) is 6.61 Å². The molecule has 5 rings (SSSR count). The fourth-order valence-corrected chi connectivity index (χ4v) is 4.06. The number of pyridine rings is 1. The summed E-state index contributed by atoms with van der Waals surface area (Å²) in [5.41, 5.74) is 5.19. The molecule has 0 saturated carbocycles. The summed E-state index contributed by atoms with van der Waals surface area (Å²) in [6.45, 7) is 4.63. The maximum absolute atomic E-state index is 9.14. The first-order valence-corrected chi connectivity index (χ1v) is 10.2. The summed E-state index contributed by atoms with van der Waals surface area (Å²) in [4.78, 5) is 9.18. The van der Waals surface area contributed by atoms with E-state index in [1.54, 1.807) is 0 Å². The molecule has 154 valence electrons. The molecule has 1 aliphatic heterocycles. The minimum Gasteiger partial charge on any atom is -0.395 e. The summed E-state index contributed by atoms with van der Waals surface area (Å²) in [5.74, 6) is 0.968. The number of aliphatic hydroxyl groups excluding tert-OH is 1. The number of anilines is 1. The first-order valence-electron chi connectivity index (χ1n) is 10.2. The number of nitrogens with one attached hydrogen (secondary N) is 1. The molecule has 4 heterocycles. The van der Waals surface area contributed by atoms with Gasteiger partial charge in [-0.3, -0.25) is 14.7 Å². The first kappa shape index (κ1) is 18.8. The number of nitrogens with zero attached hydrogens (tertiary/aromatic N) is 6. The highest BCUT2D eigenvalue weighted by Gasteiger charge is 2.19. The van der Waals surface area contributed by atoms with Crippen LogP contribution in [0.2, 0.25) is 0 Å². The Hall–Kier alpha value is -3.23. The van der Waals surface area contributed by atoms with E-state index in [9.17, 15) is 0 Å². The summed E-state index contributed by atoms with van der Waals surface area (Å²) in [7, 11) is 1.92. The zero-order chi connectivity index (χ0) is 20.5. The number of hydrogen-bond acceptors (Lipinski definition) is 6. The van der Waals surface area contributed by atoms with Crippen LogP contribution in [0.25, 0.3) is 33.3 Å². The van der Waals surface area contributed by atoms with Crippen molar-refractivity contribution >= 4 is 16.7 Å². The van der Waals surface area contributed by atoms with Crippen LogP contribution in [0, 0.1) is 0 Å². The van der Waals surface area contributed by atoms with Crippen molar-refractivity contribution in [3.05, 3.63) is 48.9 Å². The van der Waals surface area contributed by atoms with Crippen LogP contribution in [-0.4, -0.2) is 74.3 Å². The van der Waals surface area contributed by atoms with Gasteiger partial charge in [-0.1, -0.05) is 6.07 Å². The van der Waals surface area contributed by atoms with Gasteiger partial charge >= 0.3 is 0 Å². The van der Waals surface area contributed by atoms with Crippen molar-refractivity contribution < 1.29 is 5.11 Å². The van der Waals surface area contributed by atoms with Gasteiger partial charge in [-0.2, -0.15) is 10.2 Å². The molecule has 0 bridgehead atoms. The Balaban J connectivity index is 1.45. The molecular formula is C22H25N7O. The maximum Gasteiger partial charge on any atom is 0.129 e. The molecule has 30 heavy (non-hydrogen) atoms. The lowest BCUT2D eigenvalue weighted by atomic mass is 10.0.